The van der Waals surface area contributed by atoms with Gasteiger partial charge in [-0.15, -0.1) is 0 Å². The van der Waals surface area contributed by atoms with Crippen molar-refractivity contribution in [2.45, 2.75) is 61.8 Å². The summed E-state index contributed by atoms with van der Waals surface area (Å²) in [5, 5.41) is 2.24. The van der Waals surface area contributed by atoms with Crippen LogP contribution in [0.1, 0.15) is 54.7 Å². The summed E-state index contributed by atoms with van der Waals surface area (Å²) in [6, 6.07) is 20.0. The minimum atomic E-state index is -0.509. The van der Waals surface area contributed by atoms with Crippen LogP contribution in [0.25, 0.3) is 22.3 Å². The number of nitrogens with two attached hydrogens (primary N) is 1. The lowest BCUT2D eigenvalue weighted by Gasteiger charge is -2.17. The van der Waals surface area contributed by atoms with Crippen molar-refractivity contribution in [1.82, 2.24) is 9.13 Å². The van der Waals surface area contributed by atoms with Gasteiger partial charge in [-0.25, -0.2) is 8.78 Å². The monoisotopic (exact) mass is 892 g/mol. The molecule has 0 aliphatic carbocycles. The quantitative estimate of drug-likeness (QED) is 0.0751. The van der Waals surface area contributed by atoms with E-state index in [4.69, 9.17) is 26.8 Å². The van der Waals surface area contributed by atoms with Gasteiger partial charge in [-0.2, -0.15) is 0 Å². The lowest BCUT2D eigenvalue weighted by molar-refractivity contribution is -0.112. The Labute approximate surface area is 378 Å². The molecule has 2 aromatic heterocycles. The molecule has 0 aliphatic rings. The Bertz CT molecular complexity index is 2780. The second-order valence-corrected chi connectivity index (χ2v) is 15.0. The number of ether oxygens (including phenoxy) is 2. The van der Waals surface area contributed by atoms with E-state index in [2.05, 4.69) is 18.5 Å². The Morgan fingerprint density at radius 1 is 0.688 bits per heavy atom. The molecular formula is C51H55ClF2N4O6. The fraction of sp³-hybridized carbons (Fsp3) is 0.216. The fourth-order valence-electron chi connectivity index (χ4n) is 6.68. The number of carbonyl (C=O) groups excluding carboxylic acids is 2. The van der Waals surface area contributed by atoms with E-state index in [9.17, 15) is 28.0 Å². The van der Waals surface area contributed by atoms with Crippen molar-refractivity contribution < 1.29 is 27.8 Å². The molecule has 0 fully saturated rings. The third-order valence-corrected chi connectivity index (χ3v) is 9.92. The highest BCUT2D eigenvalue weighted by atomic mass is 35.5. The van der Waals surface area contributed by atoms with Crippen molar-refractivity contribution in [2.75, 3.05) is 11.1 Å². The van der Waals surface area contributed by atoms with Crippen molar-refractivity contribution in [3.8, 4) is 45.3 Å². The molecule has 6 aromatic rings. The van der Waals surface area contributed by atoms with Gasteiger partial charge < -0.3 is 29.7 Å². The number of allylic oxidation sites excluding steroid dienone is 1. The van der Waals surface area contributed by atoms with Crippen LogP contribution >= 0.6 is 11.6 Å². The molecule has 0 saturated carbocycles. The number of aromatic nitrogens is 2. The molecular weight excluding hydrogens is 838 g/mol. The molecule has 336 valence electrons. The number of hydrogen-bond acceptors (Lipinski definition) is 7. The third kappa shape index (κ3) is 13.0. The molecule has 0 saturated heterocycles. The number of anilines is 2. The first-order valence-electron chi connectivity index (χ1n) is 19.9. The molecule has 10 nitrogen and oxygen atoms in total. The number of pyridine rings is 2. The van der Waals surface area contributed by atoms with Gasteiger partial charge in [0.15, 0.2) is 0 Å². The SMILES string of the molecule is C.C=CC(=O)Cl.C=CC(=O)Nc1ccc(Oc2c(C)cc(F)cc2C)c(-c2cc(CC)c(=O)n(C)c2)c1.CCc1cc(-c2cc(N)ccc2Oc2c(C)cc(F)cc2C)cn(C)c1=O. The number of nitrogen functional groups attached to an aromatic ring is 1. The number of carbonyl (C=O) groups is 2. The highest BCUT2D eigenvalue weighted by Gasteiger charge is 2.17. The summed E-state index contributed by atoms with van der Waals surface area (Å²) in [6.45, 7) is 17.6. The zero-order valence-electron chi connectivity index (χ0n) is 36.6. The Kier molecular flexibility index (Phi) is 18.3. The second kappa shape index (κ2) is 22.9. The van der Waals surface area contributed by atoms with E-state index in [0.717, 1.165) is 28.3 Å². The van der Waals surface area contributed by atoms with Crippen LogP contribution in [0, 0.1) is 39.3 Å². The average Bonchev–Trinajstić information content (AvgIpc) is 3.23. The second-order valence-electron chi connectivity index (χ2n) is 14.7. The van der Waals surface area contributed by atoms with E-state index < -0.39 is 5.24 Å². The lowest BCUT2D eigenvalue weighted by Crippen LogP contribution is -2.20. The van der Waals surface area contributed by atoms with Crippen LogP contribution in [-0.2, 0) is 36.5 Å². The molecule has 2 heterocycles. The standard InChI is InChI=1S/C25H25FN2O3.C22H23FN2O2.C3H3ClO.CH4/c1-6-17-12-18(14-28(5)25(17)30)21-13-20(27-23(29)7-2)8-9-22(21)31-24-15(3)10-19(26)11-16(24)4;1-5-15-10-16(12-25(4)22(15)26)19-11-18(24)6-7-20(19)27-21-13(2)8-17(23)9-14(21)3;1-2-3(4)5;/h7-14H,2,6H2,1,3-5H3,(H,27,29);6-12H,5,24H2,1-4H3;2H,1H2;1H4. The van der Waals surface area contributed by atoms with Gasteiger partial charge >= 0.3 is 0 Å². The van der Waals surface area contributed by atoms with Crippen LogP contribution in [0.5, 0.6) is 23.0 Å². The fourth-order valence-corrected chi connectivity index (χ4v) is 6.68. The van der Waals surface area contributed by atoms with Gasteiger partial charge in [0.1, 0.15) is 34.6 Å². The molecule has 4 aromatic carbocycles. The lowest BCUT2D eigenvalue weighted by atomic mass is 10.0. The maximum Gasteiger partial charge on any atom is 0.253 e. The molecule has 13 heteroatoms. The molecule has 64 heavy (non-hydrogen) atoms. The normalized spacial score (nSPS) is 10.2. The molecule has 3 N–H and O–H groups in total. The molecule has 0 radical (unpaired) electrons. The summed E-state index contributed by atoms with van der Waals surface area (Å²) in [5.74, 6) is 1.35. The highest BCUT2D eigenvalue weighted by Crippen LogP contribution is 2.39. The summed E-state index contributed by atoms with van der Waals surface area (Å²) < 4.78 is 42.8. The van der Waals surface area contributed by atoms with Gasteiger partial charge in [0.25, 0.3) is 11.1 Å². The third-order valence-electron chi connectivity index (χ3n) is 9.77. The van der Waals surface area contributed by atoms with Gasteiger partial charge in [0.2, 0.25) is 11.1 Å². The Balaban J connectivity index is 0.000000306. The van der Waals surface area contributed by atoms with Crippen molar-refractivity contribution in [3.63, 3.8) is 0 Å². The molecule has 0 unspecified atom stereocenters. The van der Waals surface area contributed by atoms with E-state index in [1.54, 1.807) is 75.2 Å². The smallest absolute Gasteiger partial charge is 0.253 e. The highest BCUT2D eigenvalue weighted by molar-refractivity contribution is 6.66. The predicted molar refractivity (Wildman–Crippen MR) is 256 cm³/mol. The van der Waals surface area contributed by atoms with Gasteiger partial charge in [0.05, 0.1) is 0 Å². The topological polar surface area (TPSA) is 135 Å². The molecule has 6 rings (SSSR count). The molecule has 0 spiro atoms. The van der Waals surface area contributed by atoms with Gasteiger partial charge in [-0.3, -0.25) is 19.2 Å². The summed E-state index contributed by atoms with van der Waals surface area (Å²) in [7, 11) is 3.43. The van der Waals surface area contributed by atoms with Crippen molar-refractivity contribution >= 4 is 34.1 Å². The molecule has 0 atom stereocenters. The zero-order valence-corrected chi connectivity index (χ0v) is 37.4. The summed E-state index contributed by atoms with van der Waals surface area (Å²) in [6.07, 6.45) is 6.95. The maximum atomic E-state index is 13.7. The number of benzene rings is 4. The van der Waals surface area contributed by atoms with E-state index >= 15 is 0 Å². The first-order chi connectivity index (χ1) is 29.8. The number of aryl methyl sites for hydroxylation is 8. The minimum absolute atomic E-state index is 0. The number of amides is 1. The van der Waals surface area contributed by atoms with Gasteiger partial charge in [0, 0.05) is 71.2 Å². The van der Waals surface area contributed by atoms with Crippen LogP contribution in [0.4, 0.5) is 20.2 Å². The zero-order chi connectivity index (χ0) is 46.7. The largest absolute Gasteiger partial charge is 0.456 e. The van der Waals surface area contributed by atoms with Crippen LogP contribution in [0.2, 0.25) is 0 Å². The van der Waals surface area contributed by atoms with E-state index in [0.29, 0.717) is 80.6 Å². The first-order valence-corrected chi connectivity index (χ1v) is 20.3. The van der Waals surface area contributed by atoms with E-state index in [1.807, 2.05) is 45.9 Å². The Hall–Kier alpha value is -7.05. The molecule has 0 aliphatic heterocycles. The molecule has 1 amide bonds. The number of rotatable bonds is 11. The number of hydrogen-bond donors (Lipinski definition) is 2. The summed E-state index contributed by atoms with van der Waals surface area (Å²) >= 11 is 4.71. The van der Waals surface area contributed by atoms with Crippen LogP contribution in [0.3, 0.4) is 0 Å². The number of nitrogens with one attached hydrogen (secondary N) is 1. The predicted octanol–water partition coefficient (Wildman–Crippen LogP) is 11.6. The van der Waals surface area contributed by atoms with Crippen LogP contribution in [-0.4, -0.2) is 20.3 Å². The van der Waals surface area contributed by atoms with E-state index in [-0.39, 0.29) is 36.1 Å². The average molecular weight is 893 g/mol. The van der Waals surface area contributed by atoms with Crippen LogP contribution < -0.4 is 31.6 Å². The Morgan fingerprint density at radius 2 is 1.08 bits per heavy atom. The summed E-state index contributed by atoms with van der Waals surface area (Å²) in [5.41, 5.74) is 14.3. The van der Waals surface area contributed by atoms with Crippen molar-refractivity contribution in [2.24, 2.45) is 14.1 Å². The van der Waals surface area contributed by atoms with E-state index in [1.165, 1.54) is 34.9 Å². The minimum Gasteiger partial charge on any atom is -0.456 e. The van der Waals surface area contributed by atoms with Crippen molar-refractivity contribution in [1.29, 1.82) is 0 Å². The van der Waals surface area contributed by atoms with Gasteiger partial charge in [-0.05, 0) is 159 Å². The summed E-state index contributed by atoms with van der Waals surface area (Å²) in [4.78, 5) is 45.8. The number of nitrogens with zero attached hydrogens (tertiary/aromatic N) is 2. The van der Waals surface area contributed by atoms with Crippen molar-refractivity contribution in [3.05, 3.63) is 176 Å². The van der Waals surface area contributed by atoms with Gasteiger partial charge in [-0.1, -0.05) is 34.4 Å². The Morgan fingerprint density at radius 3 is 1.45 bits per heavy atom. The first kappa shape index (κ1) is 51.3. The number of halogens is 3. The maximum absolute atomic E-state index is 13.7. The van der Waals surface area contributed by atoms with Crippen LogP contribution in [0.15, 0.2) is 120 Å². The molecule has 0 bridgehead atoms.